The lowest BCUT2D eigenvalue weighted by Gasteiger charge is -1.82. The summed E-state index contributed by atoms with van der Waals surface area (Å²) in [7, 11) is 3.92. The zero-order valence-electron chi connectivity index (χ0n) is 4.94. The van der Waals surface area contributed by atoms with Crippen LogP contribution in [0.5, 0.6) is 0 Å². The summed E-state index contributed by atoms with van der Waals surface area (Å²) < 4.78 is 0. The Morgan fingerprint density at radius 2 is 2.57 bits per heavy atom. The van der Waals surface area contributed by atoms with Gasteiger partial charge in [0.15, 0.2) is 0 Å². The molecule has 1 N–H and O–H groups in total. The number of rotatable bonds is 3. The van der Waals surface area contributed by atoms with Gasteiger partial charge in [0.2, 0.25) is 0 Å². The first-order valence-electron chi connectivity index (χ1n) is 2.60. The maximum atomic E-state index is 3.79. The second-order valence-electron chi connectivity index (χ2n) is 1.32. The highest BCUT2D eigenvalue weighted by molar-refractivity contribution is 6.09. The molecule has 0 fully saturated rings. The number of nitrogens with one attached hydrogen (secondary N) is 1. The molecule has 7 heavy (non-hydrogen) atoms. The van der Waals surface area contributed by atoms with Crippen LogP contribution in [0.25, 0.3) is 0 Å². The van der Waals surface area contributed by atoms with Crippen LogP contribution in [0, 0.1) is 0 Å². The fourth-order valence-electron chi connectivity index (χ4n) is 0.285. The first-order chi connectivity index (χ1) is 3.41. The van der Waals surface area contributed by atoms with E-state index in [9.17, 15) is 0 Å². The molecule has 40 valence electrons. The lowest BCUT2D eigenvalue weighted by molar-refractivity contribution is 0.901. The van der Waals surface area contributed by atoms with Crippen molar-refractivity contribution in [3.05, 3.63) is 0 Å². The number of nitrogens with zero attached hydrogens (tertiary/aromatic N) is 1. The fourth-order valence-corrected chi connectivity index (χ4v) is 0.285. The Kier molecular flexibility index (Phi) is 5.17. The monoisotopic (exact) mass is 98.1 g/mol. The van der Waals surface area contributed by atoms with Crippen LogP contribution in [0.2, 0.25) is 6.32 Å². The fraction of sp³-hybridized carbons (Fsp3) is 0.750. The van der Waals surface area contributed by atoms with E-state index in [2.05, 4.69) is 18.4 Å². The van der Waals surface area contributed by atoms with Crippen LogP contribution >= 0.6 is 0 Å². The Morgan fingerprint density at radius 3 is 3.00 bits per heavy atom. The summed E-state index contributed by atoms with van der Waals surface area (Å²) in [4.78, 5) is 0. The molecule has 0 unspecified atom stereocenters. The topological polar surface area (TPSA) is 24.4 Å². The molecule has 0 radical (unpaired) electrons. The molecule has 0 heterocycles. The van der Waals surface area contributed by atoms with Crippen molar-refractivity contribution in [2.24, 2.45) is 5.10 Å². The molecule has 0 spiro atoms. The van der Waals surface area contributed by atoms with Crippen LogP contribution in [0.15, 0.2) is 5.10 Å². The van der Waals surface area contributed by atoms with Gasteiger partial charge in [0, 0.05) is 13.3 Å². The van der Waals surface area contributed by atoms with Gasteiger partial charge in [-0.05, 0) is 6.42 Å². The molecule has 0 saturated heterocycles. The summed E-state index contributed by atoms with van der Waals surface area (Å²) in [5.41, 5.74) is 2.67. The summed E-state index contributed by atoms with van der Waals surface area (Å²) in [5.74, 6) is 0. The van der Waals surface area contributed by atoms with Crippen molar-refractivity contribution >= 4 is 14.1 Å². The average molecular weight is 98.0 g/mol. The summed E-state index contributed by atoms with van der Waals surface area (Å²) in [5, 5.41) is 3.79. The minimum Gasteiger partial charge on any atom is -0.313 e. The quantitative estimate of drug-likeness (QED) is 0.290. The Hall–Kier alpha value is -0.465. The summed E-state index contributed by atoms with van der Waals surface area (Å²) >= 11 is 0. The number of hydrogen-bond acceptors (Lipinski definition) is 2. The molecule has 0 aliphatic heterocycles. The molecule has 0 aromatic rings. The predicted octanol–water partition coefficient (Wildman–Crippen LogP) is -0.367. The van der Waals surface area contributed by atoms with Gasteiger partial charge in [-0.25, -0.2) is 0 Å². The third-order valence-corrected chi connectivity index (χ3v) is 0.638. The smallest absolute Gasteiger partial charge is 0.101 e. The molecule has 0 amide bonds. The van der Waals surface area contributed by atoms with Crippen LogP contribution in [-0.4, -0.2) is 21.1 Å². The van der Waals surface area contributed by atoms with E-state index in [1.54, 1.807) is 7.05 Å². The second-order valence-corrected chi connectivity index (χ2v) is 1.32. The van der Waals surface area contributed by atoms with Gasteiger partial charge < -0.3 is 5.43 Å². The molecule has 0 rings (SSSR count). The molecule has 0 aliphatic rings. The van der Waals surface area contributed by atoms with Crippen molar-refractivity contribution in [2.45, 2.75) is 12.7 Å². The van der Waals surface area contributed by atoms with Gasteiger partial charge in [-0.3, -0.25) is 0 Å². The van der Waals surface area contributed by atoms with Crippen molar-refractivity contribution in [3.8, 4) is 0 Å². The largest absolute Gasteiger partial charge is 0.313 e. The maximum absolute atomic E-state index is 3.79. The molecule has 0 atom stereocenters. The van der Waals surface area contributed by atoms with Crippen LogP contribution in [-0.2, 0) is 0 Å². The summed E-state index contributed by atoms with van der Waals surface area (Å²) in [6.07, 6.45) is 4.12. The van der Waals surface area contributed by atoms with Crippen LogP contribution in [0.1, 0.15) is 6.42 Å². The van der Waals surface area contributed by atoms with E-state index in [0.717, 1.165) is 6.42 Å². The van der Waals surface area contributed by atoms with E-state index < -0.39 is 0 Å². The van der Waals surface area contributed by atoms with E-state index in [-0.39, 0.29) is 0 Å². The highest BCUT2D eigenvalue weighted by Gasteiger charge is 1.68. The Morgan fingerprint density at radius 1 is 1.86 bits per heavy atom. The van der Waals surface area contributed by atoms with Gasteiger partial charge in [-0.15, -0.1) is 0 Å². The molecular formula is C4H11BN2. The number of hydrazone groups is 1. The minimum absolute atomic E-state index is 1.07. The lowest BCUT2D eigenvalue weighted by atomic mass is 10.0. The van der Waals surface area contributed by atoms with Gasteiger partial charge in [0.05, 0.1) is 0 Å². The van der Waals surface area contributed by atoms with Gasteiger partial charge in [0.25, 0.3) is 0 Å². The van der Waals surface area contributed by atoms with Crippen molar-refractivity contribution in [2.75, 3.05) is 7.05 Å². The number of hydrogen-bond donors (Lipinski definition) is 1. The van der Waals surface area contributed by atoms with Crippen LogP contribution in [0.3, 0.4) is 0 Å². The van der Waals surface area contributed by atoms with E-state index in [1.165, 1.54) is 6.32 Å². The molecule has 0 bridgehead atoms. The van der Waals surface area contributed by atoms with E-state index in [1.807, 2.05) is 6.21 Å². The molecule has 2 nitrogen and oxygen atoms in total. The van der Waals surface area contributed by atoms with Gasteiger partial charge in [-0.2, -0.15) is 5.10 Å². The van der Waals surface area contributed by atoms with Gasteiger partial charge in [-0.1, -0.05) is 6.32 Å². The predicted molar refractivity (Wildman–Crippen MR) is 35.5 cm³/mol. The average Bonchev–Trinajstić information content (AvgIpc) is 1.69. The maximum Gasteiger partial charge on any atom is 0.101 e. The Labute approximate surface area is 45.4 Å². The highest BCUT2D eigenvalue weighted by Crippen LogP contribution is 1.74. The first-order valence-corrected chi connectivity index (χ1v) is 2.60. The zero-order valence-corrected chi connectivity index (χ0v) is 4.94. The molecule has 0 aromatic heterocycles. The van der Waals surface area contributed by atoms with Gasteiger partial charge in [0.1, 0.15) is 7.85 Å². The molecule has 3 heteroatoms. The Balaban J connectivity index is 2.78. The zero-order chi connectivity index (χ0) is 5.54. The Bertz CT molecular complexity index is 53.7. The van der Waals surface area contributed by atoms with Crippen molar-refractivity contribution < 1.29 is 0 Å². The van der Waals surface area contributed by atoms with E-state index in [4.69, 9.17) is 0 Å². The lowest BCUT2D eigenvalue weighted by Crippen LogP contribution is -1.93. The first kappa shape index (κ1) is 6.53. The SMILES string of the molecule is BCC/C=N\NC. The molecule has 0 saturated carbocycles. The molecule has 0 aliphatic carbocycles. The minimum atomic E-state index is 1.07. The van der Waals surface area contributed by atoms with Crippen LogP contribution < -0.4 is 5.43 Å². The standard InChI is InChI=1S/C4H11BN2/c1-6-7-4-2-3-5/h4,6H,2-3,5H2,1H3/b7-4-. The molecule has 0 aromatic carbocycles. The second kappa shape index (κ2) is 5.53. The van der Waals surface area contributed by atoms with Crippen molar-refractivity contribution in [3.63, 3.8) is 0 Å². The molecular weight excluding hydrogens is 86.9 g/mol. The van der Waals surface area contributed by atoms with Crippen molar-refractivity contribution in [1.82, 2.24) is 5.43 Å². The van der Waals surface area contributed by atoms with E-state index >= 15 is 0 Å². The van der Waals surface area contributed by atoms with Gasteiger partial charge >= 0.3 is 0 Å². The summed E-state index contributed by atoms with van der Waals surface area (Å²) in [6.45, 7) is 0. The van der Waals surface area contributed by atoms with Crippen LogP contribution in [0.4, 0.5) is 0 Å². The normalized spacial score (nSPS) is 9.86. The van der Waals surface area contributed by atoms with E-state index in [0.29, 0.717) is 0 Å². The third kappa shape index (κ3) is 5.53. The van der Waals surface area contributed by atoms with Crippen molar-refractivity contribution in [1.29, 1.82) is 0 Å². The third-order valence-electron chi connectivity index (χ3n) is 0.638. The summed E-state index contributed by atoms with van der Waals surface area (Å²) in [6, 6.07) is 0. The highest BCUT2D eigenvalue weighted by atomic mass is 15.3.